The average Bonchev–Trinajstić information content (AvgIpc) is 3.43. The third kappa shape index (κ3) is 3.86. The van der Waals surface area contributed by atoms with Crippen LogP contribution in [0.3, 0.4) is 0 Å². The predicted molar refractivity (Wildman–Crippen MR) is 101 cm³/mol. The molecule has 0 atom stereocenters. The Labute approximate surface area is 164 Å². The van der Waals surface area contributed by atoms with Crippen molar-refractivity contribution in [1.82, 2.24) is 15.1 Å². The van der Waals surface area contributed by atoms with Crippen LogP contribution >= 0.6 is 11.6 Å². The maximum atomic E-state index is 12.9. The van der Waals surface area contributed by atoms with Gasteiger partial charge in [-0.1, -0.05) is 23.7 Å². The molecular weight excluding hydrogens is 384 g/mol. The van der Waals surface area contributed by atoms with Crippen molar-refractivity contribution in [2.24, 2.45) is 0 Å². The fourth-order valence-corrected chi connectivity index (χ4v) is 3.06. The second-order valence-corrected chi connectivity index (χ2v) is 6.92. The van der Waals surface area contributed by atoms with E-state index < -0.39 is 4.92 Å². The number of amides is 1. The van der Waals surface area contributed by atoms with Crippen LogP contribution in [-0.2, 0) is 6.54 Å². The van der Waals surface area contributed by atoms with Crippen molar-refractivity contribution in [3.05, 3.63) is 75.1 Å². The van der Waals surface area contributed by atoms with Crippen molar-refractivity contribution in [2.75, 3.05) is 0 Å². The minimum atomic E-state index is -0.487. The van der Waals surface area contributed by atoms with E-state index in [0.29, 0.717) is 16.1 Å². The van der Waals surface area contributed by atoms with E-state index in [-0.39, 0.29) is 36.0 Å². The van der Waals surface area contributed by atoms with E-state index in [4.69, 9.17) is 16.0 Å². The molecule has 0 saturated heterocycles. The molecule has 0 N–H and O–H groups in total. The van der Waals surface area contributed by atoms with Crippen LogP contribution in [0, 0.1) is 10.1 Å². The molecule has 0 bridgehead atoms. The molecule has 0 spiro atoms. The summed E-state index contributed by atoms with van der Waals surface area (Å²) in [4.78, 5) is 25.0. The second-order valence-electron chi connectivity index (χ2n) is 6.48. The van der Waals surface area contributed by atoms with Crippen molar-refractivity contribution in [1.29, 1.82) is 0 Å². The zero-order valence-electron chi connectivity index (χ0n) is 14.6. The van der Waals surface area contributed by atoms with Gasteiger partial charge in [0.25, 0.3) is 11.6 Å². The first kappa shape index (κ1) is 18.1. The van der Waals surface area contributed by atoms with Crippen LogP contribution in [0.1, 0.15) is 29.1 Å². The fraction of sp³-hybridized carbons (Fsp3) is 0.211. The number of non-ortho nitro benzene ring substituents is 1. The number of halogens is 1. The number of nitrogens with zero attached hydrogens (tertiary/aromatic N) is 4. The molecule has 0 radical (unpaired) electrons. The highest BCUT2D eigenvalue weighted by molar-refractivity contribution is 6.30. The number of hydrogen-bond donors (Lipinski definition) is 0. The molecule has 1 saturated carbocycles. The first-order valence-corrected chi connectivity index (χ1v) is 9.03. The van der Waals surface area contributed by atoms with Crippen LogP contribution in [-0.4, -0.2) is 32.0 Å². The average molecular weight is 399 g/mol. The van der Waals surface area contributed by atoms with Crippen LogP contribution in [0.15, 0.2) is 52.9 Å². The lowest BCUT2D eigenvalue weighted by Crippen LogP contribution is -2.32. The lowest BCUT2D eigenvalue weighted by atomic mass is 10.2. The van der Waals surface area contributed by atoms with E-state index in [9.17, 15) is 14.9 Å². The maximum absolute atomic E-state index is 12.9. The van der Waals surface area contributed by atoms with E-state index in [2.05, 4.69) is 10.2 Å². The molecule has 1 heterocycles. The predicted octanol–water partition coefficient (Wildman–Crippen LogP) is 4.10. The van der Waals surface area contributed by atoms with Gasteiger partial charge in [0.15, 0.2) is 0 Å². The van der Waals surface area contributed by atoms with Gasteiger partial charge in [0.1, 0.15) is 0 Å². The molecule has 8 nitrogen and oxygen atoms in total. The third-order valence-corrected chi connectivity index (χ3v) is 4.63. The van der Waals surface area contributed by atoms with E-state index >= 15 is 0 Å². The number of nitro groups is 1. The van der Waals surface area contributed by atoms with Gasteiger partial charge < -0.3 is 9.32 Å². The molecule has 142 valence electrons. The van der Waals surface area contributed by atoms with Gasteiger partial charge in [0, 0.05) is 34.3 Å². The van der Waals surface area contributed by atoms with Crippen molar-refractivity contribution < 1.29 is 14.1 Å². The summed E-state index contributed by atoms with van der Waals surface area (Å²) in [5.74, 6) is 0.286. The minimum Gasteiger partial charge on any atom is -0.419 e. The van der Waals surface area contributed by atoms with Crippen molar-refractivity contribution >= 4 is 23.2 Å². The smallest absolute Gasteiger partial charge is 0.270 e. The molecule has 1 amide bonds. The summed E-state index contributed by atoms with van der Waals surface area (Å²) >= 11 is 6.00. The molecule has 1 aliphatic carbocycles. The summed E-state index contributed by atoms with van der Waals surface area (Å²) in [5, 5.41) is 19.4. The molecule has 1 fully saturated rings. The van der Waals surface area contributed by atoms with Crippen LogP contribution in [0.5, 0.6) is 0 Å². The van der Waals surface area contributed by atoms with Gasteiger partial charge in [-0.25, -0.2) is 0 Å². The van der Waals surface area contributed by atoms with Crippen LogP contribution in [0.4, 0.5) is 5.69 Å². The Hall–Kier alpha value is -3.26. The SMILES string of the molecule is O=C(c1cccc(Cl)c1)N(Cc1nnc(-c2cccc([N+](=O)[O-])c2)o1)C1CC1. The third-order valence-electron chi connectivity index (χ3n) is 4.40. The molecule has 0 unspecified atom stereocenters. The molecular formula is C19H15ClN4O4. The highest BCUT2D eigenvalue weighted by Crippen LogP contribution is 2.31. The molecule has 1 aromatic heterocycles. The van der Waals surface area contributed by atoms with Gasteiger partial charge in [-0.3, -0.25) is 14.9 Å². The Morgan fingerprint density at radius 3 is 2.71 bits per heavy atom. The Morgan fingerprint density at radius 1 is 1.21 bits per heavy atom. The largest absolute Gasteiger partial charge is 0.419 e. The highest BCUT2D eigenvalue weighted by Gasteiger charge is 2.34. The molecule has 4 rings (SSSR count). The number of hydrogen-bond acceptors (Lipinski definition) is 6. The summed E-state index contributed by atoms with van der Waals surface area (Å²) in [6.45, 7) is 0.165. The fourth-order valence-electron chi connectivity index (χ4n) is 2.87. The number of carbonyl (C=O) groups is 1. The van der Waals surface area contributed by atoms with Crippen LogP contribution in [0.25, 0.3) is 11.5 Å². The number of rotatable bonds is 6. The van der Waals surface area contributed by atoms with Gasteiger partial charge in [0.2, 0.25) is 11.8 Å². The quantitative estimate of drug-likeness (QED) is 0.457. The summed E-state index contributed by atoms with van der Waals surface area (Å²) in [6, 6.07) is 12.9. The van der Waals surface area contributed by atoms with Gasteiger partial charge in [0.05, 0.1) is 11.5 Å². The van der Waals surface area contributed by atoms with Crippen molar-refractivity contribution in [3.8, 4) is 11.5 Å². The molecule has 9 heteroatoms. The van der Waals surface area contributed by atoms with Crippen molar-refractivity contribution in [3.63, 3.8) is 0 Å². The Morgan fingerprint density at radius 2 is 2.00 bits per heavy atom. The maximum Gasteiger partial charge on any atom is 0.270 e. The number of benzene rings is 2. The zero-order chi connectivity index (χ0) is 19.7. The van der Waals surface area contributed by atoms with Crippen molar-refractivity contribution in [2.45, 2.75) is 25.4 Å². The van der Waals surface area contributed by atoms with Crippen LogP contribution in [0.2, 0.25) is 5.02 Å². The molecule has 3 aromatic rings. The Balaban J connectivity index is 1.55. The summed E-state index contributed by atoms with van der Waals surface area (Å²) in [5.41, 5.74) is 0.887. The first-order valence-electron chi connectivity index (χ1n) is 8.65. The lowest BCUT2D eigenvalue weighted by Gasteiger charge is -2.20. The molecule has 0 aliphatic heterocycles. The molecule has 28 heavy (non-hydrogen) atoms. The highest BCUT2D eigenvalue weighted by atomic mass is 35.5. The van der Waals surface area contributed by atoms with E-state index in [1.165, 1.54) is 12.1 Å². The Kier molecular flexibility index (Phi) is 4.79. The summed E-state index contributed by atoms with van der Waals surface area (Å²) < 4.78 is 5.66. The van der Waals surface area contributed by atoms with Gasteiger partial charge in [-0.2, -0.15) is 0 Å². The van der Waals surface area contributed by atoms with E-state index in [1.54, 1.807) is 41.3 Å². The Bertz CT molecular complexity index is 1050. The molecule has 1 aliphatic rings. The minimum absolute atomic E-state index is 0.0620. The second kappa shape index (κ2) is 7.40. The molecule has 2 aromatic carbocycles. The number of aromatic nitrogens is 2. The van der Waals surface area contributed by atoms with Gasteiger partial charge in [-0.05, 0) is 37.1 Å². The normalized spacial score (nSPS) is 13.3. The topological polar surface area (TPSA) is 102 Å². The van der Waals surface area contributed by atoms with Gasteiger partial charge >= 0.3 is 0 Å². The first-order chi connectivity index (χ1) is 13.5. The van der Waals surface area contributed by atoms with Crippen LogP contribution < -0.4 is 0 Å². The van der Waals surface area contributed by atoms with Gasteiger partial charge in [-0.15, -0.1) is 10.2 Å². The summed E-state index contributed by atoms with van der Waals surface area (Å²) in [7, 11) is 0. The standard InChI is InChI=1S/C19H15ClN4O4/c20-14-5-1-4-13(9-14)19(25)23(15-7-8-15)11-17-21-22-18(28-17)12-3-2-6-16(10-12)24(26)27/h1-6,9-10,15H,7-8,11H2. The monoisotopic (exact) mass is 398 g/mol. The van der Waals surface area contributed by atoms with E-state index in [0.717, 1.165) is 12.8 Å². The zero-order valence-corrected chi connectivity index (χ0v) is 15.4. The number of nitro benzene ring substituents is 1. The lowest BCUT2D eigenvalue weighted by molar-refractivity contribution is -0.384. The van der Waals surface area contributed by atoms with E-state index in [1.807, 2.05) is 0 Å². The summed E-state index contributed by atoms with van der Waals surface area (Å²) in [6.07, 6.45) is 1.83. The number of carbonyl (C=O) groups excluding carboxylic acids is 1.